The van der Waals surface area contributed by atoms with Crippen LogP contribution in [0.1, 0.15) is 42.5 Å². The molecule has 1 aromatic rings. The van der Waals surface area contributed by atoms with E-state index in [1.54, 1.807) is 9.80 Å². The number of benzene rings is 1. The summed E-state index contributed by atoms with van der Waals surface area (Å²) in [6, 6.07) is 5.61. The Kier molecular flexibility index (Phi) is 6.25. The van der Waals surface area contributed by atoms with Gasteiger partial charge < -0.3 is 14.5 Å². The van der Waals surface area contributed by atoms with Gasteiger partial charge in [0.1, 0.15) is 5.82 Å². The second kappa shape index (κ2) is 8.62. The summed E-state index contributed by atoms with van der Waals surface area (Å²) < 4.78 is 18.7. The van der Waals surface area contributed by atoms with Gasteiger partial charge in [0.25, 0.3) is 5.91 Å². The zero-order valence-electron chi connectivity index (χ0n) is 15.3. The van der Waals surface area contributed by atoms with Gasteiger partial charge in [0.05, 0.1) is 6.10 Å². The summed E-state index contributed by atoms with van der Waals surface area (Å²) in [7, 11) is 1.84. The van der Waals surface area contributed by atoms with Crippen molar-refractivity contribution in [2.75, 3.05) is 33.3 Å². The summed E-state index contributed by atoms with van der Waals surface area (Å²) >= 11 is 0. The van der Waals surface area contributed by atoms with Gasteiger partial charge >= 0.3 is 0 Å². The molecule has 26 heavy (non-hydrogen) atoms. The maximum Gasteiger partial charge on any atom is 0.253 e. The molecule has 0 N–H and O–H groups in total. The van der Waals surface area contributed by atoms with Crippen LogP contribution in [0.2, 0.25) is 0 Å². The number of ether oxygens (including phenoxy) is 1. The highest BCUT2D eigenvalue weighted by Gasteiger charge is 2.30. The largest absolute Gasteiger partial charge is 0.376 e. The third-order valence-corrected chi connectivity index (χ3v) is 5.35. The second-order valence-corrected chi connectivity index (χ2v) is 7.28. The number of carbonyl (C=O) groups is 2. The van der Waals surface area contributed by atoms with Gasteiger partial charge in [0, 0.05) is 44.8 Å². The van der Waals surface area contributed by atoms with Crippen molar-refractivity contribution in [2.45, 2.75) is 38.2 Å². The fourth-order valence-corrected chi connectivity index (χ4v) is 3.76. The SMILES string of the molecule is CN(C[C@@H]1CCCCO1)C(=O)C1CCN(C(=O)c2ccc(F)cc2)CC1. The normalized spacial score (nSPS) is 21.5. The average molecular weight is 362 g/mol. The lowest BCUT2D eigenvalue weighted by Crippen LogP contribution is -2.45. The van der Waals surface area contributed by atoms with E-state index in [9.17, 15) is 14.0 Å². The van der Waals surface area contributed by atoms with Crippen molar-refractivity contribution in [1.82, 2.24) is 9.80 Å². The molecule has 2 aliphatic rings. The topological polar surface area (TPSA) is 49.9 Å². The Hall–Kier alpha value is -1.95. The van der Waals surface area contributed by atoms with Crippen molar-refractivity contribution in [2.24, 2.45) is 5.92 Å². The van der Waals surface area contributed by atoms with Gasteiger partial charge in [-0.3, -0.25) is 9.59 Å². The van der Waals surface area contributed by atoms with Crippen molar-refractivity contribution < 1.29 is 18.7 Å². The van der Waals surface area contributed by atoms with Crippen molar-refractivity contribution >= 4 is 11.8 Å². The van der Waals surface area contributed by atoms with Crippen molar-refractivity contribution in [3.05, 3.63) is 35.6 Å². The molecule has 0 bridgehead atoms. The Morgan fingerprint density at radius 3 is 2.46 bits per heavy atom. The highest BCUT2D eigenvalue weighted by atomic mass is 19.1. The number of likely N-dealkylation sites (N-methyl/N-ethyl adjacent to an activating group) is 1. The van der Waals surface area contributed by atoms with Gasteiger partial charge in [-0.1, -0.05) is 0 Å². The van der Waals surface area contributed by atoms with Gasteiger partial charge in [-0.05, 0) is 56.4 Å². The van der Waals surface area contributed by atoms with Crippen molar-refractivity contribution in [1.29, 1.82) is 0 Å². The summed E-state index contributed by atoms with van der Waals surface area (Å²) in [4.78, 5) is 28.7. The monoisotopic (exact) mass is 362 g/mol. The number of nitrogens with zero attached hydrogens (tertiary/aromatic N) is 2. The first-order chi connectivity index (χ1) is 12.5. The smallest absolute Gasteiger partial charge is 0.253 e. The number of carbonyl (C=O) groups excluding carboxylic acids is 2. The van der Waals surface area contributed by atoms with E-state index in [1.807, 2.05) is 7.05 Å². The molecule has 3 rings (SSSR count). The third kappa shape index (κ3) is 4.61. The van der Waals surface area contributed by atoms with E-state index in [0.29, 0.717) is 38.0 Å². The number of rotatable bonds is 4. The summed E-state index contributed by atoms with van der Waals surface area (Å²) in [5.74, 6) is -0.343. The molecule has 2 aliphatic heterocycles. The van der Waals surface area contributed by atoms with Crippen LogP contribution in [0.4, 0.5) is 4.39 Å². The molecule has 2 heterocycles. The number of likely N-dealkylation sites (tertiary alicyclic amines) is 1. The molecule has 2 saturated heterocycles. The van der Waals surface area contributed by atoms with Gasteiger partial charge in [-0.25, -0.2) is 4.39 Å². The minimum Gasteiger partial charge on any atom is -0.376 e. The van der Waals surface area contributed by atoms with Crippen LogP contribution in [0.3, 0.4) is 0 Å². The summed E-state index contributed by atoms with van der Waals surface area (Å²) in [6.07, 6.45) is 4.77. The maximum atomic E-state index is 13.0. The van der Waals surface area contributed by atoms with Crippen LogP contribution in [0.5, 0.6) is 0 Å². The third-order valence-electron chi connectivity index (χ3n) is 5.35. The Balaban J connectivity index is 1.48. The molecule has 0 aromatic heterocycles. The number of amides is 2. The predicted octanol–water partition coefficient (Wildman–Crippen LogP) is 2.71. The highest BCUT2D eigenvalue weighted by molar-refractivity contribution is 5.94. The van der Waals surface area contributed by atoms with Crippen molar-refractivity contribution in [3.8, 4) is 0 Å². The summed E-state index contributed by atoms with van der Waals surface area (Å²) in [5, 5.41) is 0. The molecule has 2 amide bonds. The zero-order chi connectivity index (χ0) is 18.5. The first kappa shape index (κ1) is 18.8. The number of halogens is 1. The molecule has 0 aliphatic carbocycles. The maximum absolute atomic E-state index is 13.0. The Morgan fingerprint density at radius 2 is 1.85 bits per heavy atom. The molecule has 2 fully saturated rings. The quantitative estimate of drug-likeness (QED) is 0.827. The average Bonchev–Trinajstić information content (AvgIpc) is 2.68. The Labute approximate surface area is 154 Å². The molecule has 5 nitrogen and oxygen atoms in total. The van der Waals surface area contributed by atoms with Crippen LogP contribution in [-0.2, 0) is 9.53 Å². The lowest BCUT2D eigenvalue weighted by molar-refractivity contribution is -0.138. The van der Waals surface area contributed by atoms with Crippen LogP contribution in [0.25, 0.3) is 0 Å². The fraction of sp³-hybridized carbons (Fsp3) is 0.600. The van der Waals surface area contributed by atoms with E-state index in [1.165, 1.54) is 24.3 Å². The molecule has 1 atom stereocenters. The second-order valence-electron chi connectivity index (χ2n) is 7.28. The minimum atomic E-state index is -0.351. The summed E-state index contributed by atoms with van der Waals surface area (Å²) in [5.41, 5.74) is 0.489. The van der Waals surface area contributed by atoms with Crippen LogP contribution < -0.4 is 0 Å². The van der Waals surface area contributed by atoms with E-state index < -0.39 is 0 Å². The molecule has 0 saturated carbocycles. The molecule has 0 unspecified atom stereocenters. The molecule has 0 radical (unpaired) electrons. The first-order valence-electron chi connectivity index (χ1n) is 9.46. The standard InChI is InChI=1S/C20H27FN2O3/c1-22(14-18-4-2-3-13-26-18)19(24)16-9-11-23(12-10-16)20(25)15-5-7-17(21)8-6-15/h5-8,16,18H,2-4,9-14H2,1H3/t18-/m0/s1. The molecule has 1 aromatic carbocycles. The van der Waals surface area contributed by atoms with Crippen LogP contribution in [0, 0.1) is 11.7 Å². The highest BCUT2D eigenvalue weighted by Crippen LogP contribution is 2.22. The van der Waals surface area contributed by atoms with Crippen LogP contribution in [-0.4, -0.2) is 61.0 Å². The molecule has 6 heteroatoms. The van der Waals surface area contributed by atoms with Crippen LogP contribution in [0.15, 0.2) is 24.3 Å². The fourth-order valence-electron chi connectivity index (χ4n) is 3.76. The van der Waals surface area contributed by atoms with Gasteiger partial charge in [0.2, 0.25) is 5.91 Å². The number of hydrogen-bond donors (Lipinski definition) is 0. The lowest BCUT2D eigenvalue weighted by atomic mass is 9.94. The Bertz CT molecular complexity index is 620. The van der Waals surface area contributed by atoms with E-state index in [4.69, 9.17) is 4.74 Å². The van der Waals surface area contributed by atoms with Gasteiger partial charge in [-0.2, -0.15) is 0 Å². The van der Waals surface area contributed by atoms with E-state index >= 15 is 0 Å². The lowest BCUT2D eigenvalue weighted by Gasteiger charge is -2.34. The molecule has 0 spiro atoms. The van der Waals surface area contributed by atoms with Gasteiger partial charge in [0.15, 0.2) is 0 Å². The van der Waals surface area contributed by atoms with Crippen LogP contribution >= 0.6 is 0 Å². The zero-order valence-corrected chi connectivity index (χ0v) is 15.3. The number of hydrogen-bond acceptors (Lipinski definition) is 3. The Morgan fingerprint density at radius 1 is 1.15 bits per heavy atom. The van der Waals surface area contributed by atoms with E-state index in [0.717, 1.165) is 25.9 Å². The summed E-state index contributed by atoms with van der Waals surface area (Å²) in [6.45, 7) is 2.55. The van der Waals surface area contributed by atoms with E-state index in [-0.39, 0.29) is 29.7 Å². The van der Waals surface area contributed by atoms with Crippen molar-refractivity contribution in [3.63, 3.8) is 0 Å². The predicted molar refractivity (Wildman–Crippen MR) is 96.3 cm³/mol. The molecular weight excluding hydrogens is 335 g/mol. The molecule has 142 valence electrons. The number of piperidine rings is 1. The first-order valence-corrected chi connectivity index (χ1v) is 9.46. The van der Waals surface area contributed by atoms with Gasteiger partial charge in [-0.15, -0.1) is 0 Å². The molecular formula is C20H27FN2O3. The van der Waals surface area contributed by atoms with E-state index in [2.05, 4.69) is 0 Å². The minimum absolute atomic E-state index is 0.0409.